The van der Waals surface area contributed by atoms with Crippen LogP contribution < -0.4 is 5.32 Å². The molecule has 2 atom stereocenters. The molecular formula is C20H29N5O2. The lowest BCUT2D eigenvalue weighted by Gasteiger charge is -2.27. The number of fused-ring (bicyclic) bond motifs is 1. The van der Waals surface area contributed by atoms with Crippen molar-refractivity contribution in [3.05, 3.63) is 35.9 Å². The summed E-state index contributed by atoms with van der Waals surface area (Å²) in [6, 6.07) is 5.59. The van der Waals surface area contributed by atoms with Crippen molar-refractivity contribution < 1.29 is 9.59 Å². The molecule has 3 amide bonds. The number of rotatable bonds is 5. The molecular weight excluding hydrogens is 342 g/mol. The summed E-state index contributed by atoms with van der Waals surface area (Å²) in [5.74, 6) is 1.02. The van der Waals surface area contributed by atoms with E-state index in [1.165, 1.54) is 0 Å². The van der Waals surface area contributed by atoms with Crippen molar-refractivity contribution in [1.82, 2.24) is 24.5 Å². The Morgan fingerprint density at radius 2 is 2.15 bits per heavy atom. The van der Waals surface area contributed by atoms with Crippen molar-refractivity contribution in [2.75, 3.05) is 27.2 Å². The Morgan fingerprint density at radius 1 is 1.37 bits per heavy atom. The van der Waals surface area contributed by atoms with Crippen LogP contribution >= 0.6 is 0 Å². The molecule has 0 spiro atoms. The molecule has 7 heteroatoms. The van der Waals surface area contributed by atoms with Gasteiger partial charge in [-0.15, -0.1) is 0 Å². The number of imidazole rings is 1. The summed E-state index contributed by atoms with van der Waals surface area (Å²) in [5.41, 5.74) is 1.20. The number of amides is 3. The van der Waals surface area contributed by atoms with Gasteiger partial charge in [0, 0.05) is 33.4 Å². The second-order valence-corrected chi connectivity index (χ2v) is 7.53. The average molecular weight is 371 g/mol. The van der Waals surface area contributed by atoms with Gasteiger partial charge in [0.2, 0.25) is 0 Å². The lowest BCUT2D eigenvalue weighted by molar-refractivity contribution is 0.0944. The summed E-state index contributed by atoms with van der Waals surface area (Å²) in [5, 5.41) is 2.99. The molecule has 0 radical (unpaired) electrons. The molecule has 3 heterocycles. The van der Waals surface area contributed by atoms with Crippen LogP contribution in [0.3, 0.4) is 0 Å². The topological polar surface area (TPSA) is 70.0 Å². The Labute approximate surface area is 160 Å². The van der Waals surface area contributed by atoms with Crippen LogP contribution in [0.25, 0.3) is 5.52 Å². The van der Waals surface area contributed by atoms with E-state index in [2.05, 4.69) is 19.2 Å². The highest BCUT2D eigenvalue weighted by Gasteiger charge is 2.34. The standard InChI is InChI=1S/C20H29N5O2/c1-5-14(2)13-21-19(26)17-15-9-6-7-11-24(15)18(22-17)16-10-8-12-25(16)20(27)23(3)4/h6-7,9,11,14,16H,5,8,10,12-13H2,1-4H3,(H,21,26). The minimum atomic E-state index is -0.159. The molecule has 0 saturated carbocycles. The highest BCUT2D eigenvalue weighted by atomic mass is 16.2. The minimum absolute atomic E-state index is 0.0204. The molecule has 0 aliphatic carbocycles. The largest absolute Gasteiger partial charge is 0.350 e. The number of nitrogens with one attached hydrogen (secondary N) is 1. The SMILES string of the molecule is CCC(C)CNC(=O)c1nc(C2CCCN2C(=O)N(C)C)n2ccccc12. The van der Waals surface area contributed by atoms with Gasteiger partial charge in [-0.05, 0) is 30.9 Å². The molecule has 1 N–H and O–H groups in total. The summed E-state index contributed by atoms with van der Waals surface area (Å²) in [7, 11) is 3.52. The van der Waals surface area contributed by atoms with Gasteiger partial charge in [0.15, 0.2) is 5.69 Å². The fourth-order valence-corrected chi connectivity index (χ4v) is 3.48. The molecule has 2 unspecified atom stereocenters. The molecule has 0 bridgehead atoms. The van der Waals surface area contributed by atoms with Crippen molar-refractivity contribution in [2.45, 2.75) is 39.2 Å². The Morgan fingerprint density at radius 3 is 2.85 bits per heavy atom. The number of carbonyl (C=O) groups is 2. The maximum Gasteiger partial charge on any atom is 0.320 e. The maximum atomic E-state index is 12.8. The maximum absolute atomic E-state index is 12.8. The first-order valence-corrected chi connectivity index (χ1v) is 9.67. The number of hydrogen-bond donors (Lipinski definition) is 1. The number of urea groups is 1. The fourth-order valence-electron chi connectivity index (χ4n) is 3.48. The van der Waals surface area contributed by atoms with E-state index in [1.54, 1.807) is 19.0 Å². The first kappa shape index (κ1) is 19.2. The third-order valence-corrected chi connectivity index (χ3v) is 5.28. The Balaban J connectivity index is 1.95. The average Bonchev–Trinajstić information content (AvgIpc) is 3.29. The van der Waals surface area contributed by atoms with Crippen LogP contribution in [0, 0.1) is 5.92 Å². The molecule has 146 valence electrons. The quantitative estimate of drug-likeness (QED) is 0.878. The highest BCUT2D eigenvalue weighted by molar-refractivity contribution is 5.99. The third kappa shape index (κ3) is 3.77. The highest BCUT2D eigenvalue weighted by Crippen LogP contribution is 2.33. The minimum Gasteiger partial charge on any atom is -0.350 e. The van der Waals surface area contributed by atoms with Gasteiger partial charge in [-0.1, -0.05) is 26.3 Å². The molecule has 27 heavy (non-hydrogen) atoms. The summed E-state index contributed by atoms with van der Waals surface area (Å²) in [6.07, 6.45) is 4.71. The number of carbonyl (C=O) groups excluding carboxylic acids is 2. The number of aromatic nitrogens is 2. The zero-order chi connectivity index (χ0) is 19.6. The van der Waals surface area contributed by atoms with Gasteiger partial charge in [-0.3, -0.25) is 4.79 Å². The summed E-state index contributed by atoms with van der Waals surface area (Å²) in [6.45, 7) is 5.56. The van der Waals surface area contributed by atoms with Crippen molar-refractivity contribution in [3.63, 3.8) is 0 Å². The molecule has 1 fully saturated rings. The van der Waals surface area contributed by atoms with E-state index in [1.807, 2.05) is 33.7 Å². The molecule has 3 rings (SSSR count). The van der Waals surface area contributed by atoms with E-state index in [4.69, 9.17) is 4.98 Å². The van der Waals surface area contributed by atoms with E-state index in [0.29, 0.717) is 24.7 Å². The predicted octanol–water partition coefficient (Wildman–Crippen LogP) is 2.93. The Hall–Kier alpha value is -2.57. The summed E-state index contributed by atoms with van der Waals surface area (Å²) in [4.78, 5) is 33.5. The summed E-state index contributed by atoms with van der Waals surface area (Å²) < 4.78 is 1.95. The molecule has 0 aromatic carbocycles. The van der Waals surface area contributed by atoms with Gasteiger partial charge in [0.25, 0.3) is 5.91 Å². The van der Waals surface area contributed by atoms with Gasteiger partial charge >= 0.3 is 6.03 Å². The normalized spacial score (nSPS) is 17.9. The van der Waals surface area contributed by atoms with Gasteiger partial charge in [0.05, 0.1) is 11.6 Å². The molecule has 7 nitrogen and oxygen atoms in total. The van der Waals surface area contributed by atoms with Crippen LogP contribution in [0.15, 0.2) is 24.4 Å². The molecule has 2 aromatic heterocycles. The molecule has 2 aromatic rings. The lowest BCUT2D eigenvalue weighted by Crippen LogP contribution is -2.39. The van der Waals surface area contributed by atoms with Gasteiger partial charge in [-0.25, -0.2) is 9.78 Å². The summed E-state index contributed by atoms with van der Waals surface area (Å²) >= 11 is 0. The molecule has 1 aliphatic rings. The number of pyridine rings is 1. The fraction of sp³-hybridized carbons (Fsp3) is 0.550. The van der Waals surface area contributed by atoms with Crippen LogP contribution in [-0.4, -0.2) is 58.3 Å². The van der Waals surface area contributed by atoms with Crippen molar-refractivity contribution in [1.29, 1.82) is 0 Å². The number of likely N-dealkylation sites (tertiary alicyclic amines) is 1. The van der Waals surface area contributed by atoms with E-state index in [0.717, 1.165) is 30.6 Å². The van der Waals surface area contributed by atoms with Gasteiger partial charge in [0.1, 0.15) is 5.82 Å². The monoisotopic (exact) mass is 371 g/mol. The van der Waals surface area contributed by atoms with Crippen molar-refractivity contribution in [2.24, 2.45) is 5.92 Å². The predicted molar refractivity (Wildman–Crippen MR) is 105 cm³/mol. The first-order valence-electron chi connectivity index (χ1n) is 9.67. The smallest absolute Gasteiger partial charge is 0.320 e. The van der Waals surface area contributed by atoms with E-state index in [9.17, 15) is 9.59 Å². The van der Waals surface area contributed by atoms with E-state index in [-0.39, 0.29) is 18.0 Å². The lowest BCUT2D eigenvalue weighted by atomic mass is 10.1. The third-order valence-electron chi connectivity index (χ3n) is 5.28. The number of hydrogen-bond acceptors (Lipinski definition) is 3. The van der Waals surface area contributed by atoms with Crippen LogP contribution in [0.1, 0.15) is 55.5 Å². The Bertz CT molecular complexity index is 829. The molecule has 1 saturated heterocycles. The van der Waals surface area contributed by atoms with E-state index < -0.39 is 0 Å². The first-order chi connectivity index (χ1) is 12.9. The van der Waals surface area contributed by atoms with E-state index >= 15 is 0 Å². The molecule has 1 aliphatic heterocycles. The van der Waals surface area contributed by atoms with Crippen LogP contribution in [0.2, 0.25) is 0 Å². The Kier molecular flexibility index (Phi) is 5.68. The zero-order valence-corrected chi connectivity index (χ0v) is 16.6. The van der Waals surface area contributed by atoms with Gasteiger partial charge < -0.3 is 19.5 Å². The van der Waals surface area contributed by atoms with Gasteiger partial charge in [-0.2, -0.15) is 0 Å². The van der Waals surface area contributed by atoms with Crippen LogP contribution in [0.4, 0.5) is 4.79 Å². The number of nitrogens with zero attached hydrogens (tertiary/aromatic N) is 4. The van der Waals surface area contributed by atoms with Crippen LogP contribution in [-0.2, 0) is 0 Å². The zero-order valence-electron chi connectivity index (χ0n) is 16.6. The van der Waals surface area contributed by atoms with Crippen molar-refractivity contribution >= 4 is 17.5 Å². The second kappa shape index (κ2) is 7.98. The van der Waals surface area contributed by atoms with Crippen molar-refractivity contribution in [3.8, 4) is 0 Å². The second-order valence-electron chi connectivity index (χ2n) is 7.53. The van der Waals surface area contributed by atoms with Crippen LogP contribution in [0.5, 0.6) is 0 Å².